The maximum Gasteiger partial charge on any atom is 0.410 e. The van der Waals surface area contributed by atoms with Crippen molar-refractivity contribution in [2.24, 2.45) is 23.2 Å². The Balaban J connectivity index is 1.21. The third-order valence-corrected chi connectivity index (χ3v) is 10.5. The van der Waals surface area contributed by atoms with Crippen LogP contribution in [0.25, 0.3) is 0 Å². The second-order valence-electron chi connectivity index (χ2n) is 14.1. The number of amides is 1. The molecule has 1 aromatic heterocycles. The highest BCUT2D eigenvalue weighted by Gasteiger charge is 2.39. The number of carbonyl (C=O) groups excluding carboxylic acids is 3. The fourth-order valence-electron chi connectivity index (χ4n) is 6.43. The lowest BCUT2D eigenvalue weighted by Gasteiger charge is -2.29. The molecule has 1 amide bonds. The third kappa shape index (κ3) is 7.58. The molecule has 39 heavy (non-hydrogen) atoms. The van der Waals surface area contributed by atoms with E-state index < -0.39 is 5.60 Å². The summed E-state index contributed by atoms with van der Waals surface area (Å²) in [6, 6.07) is 0. The molecule has 0 bridgehead atoms. The van der Waals surface area contributed by atoms with Crippen molar-refractivity contribution in [1.29, 1.82) is 0 Å². The van der Waals surface area contributed by atoms with Gasteiger partial charge in [-0.15, -0.1) is 11.3 Å². The van der Waals surface area contributed by atoms with E-state index in [-0.39, 0.29) is 23.2 Å². The van der Waals surface area contributed by atoms with E-state index in [2.05, 4.69) is 6.92 Å². The number of Topliss-reactive ketones (excluding diaryl/α,β-unsaturated/α-hetero) is 2. The number of aryl methyl sites for hydroxylation is 1. The minimum absolute atomic E-state index is 0.0174. The minimum atomic E-state index is -0.490. The molecule has 7 heteroatoms. The predicted octanol–water partition coefficient (Wildman–Crippen LogP) is 7.54. The molecule has 4 aliphatic rings. The van der Waals surface area contributed by atoms with Crippen LogP contribution >= 0.6 is 23.6 Å². The largest absolute Gasteiger partial charge is 0.444 e. The maximum absolute atomic E-state index is 13.5. The number of fused-ring (bicyclic) bond motifs is 1. The summed E-state index contributed by atoms with van der Waals surface area (Å²) in [5.74, 6) is 1.99. The van der Waals surface area contributed by atoms with Crippen LogP contribution < -0.4 is 0 Å². The number of likely N-dealkylation sites (tertiary alicyclic amines) is 1. The van der Waals surface area contributed by atoms with E-state index in [1.165, 1.54) is 23.3 Å². The lowest BCUT2D eigenvalue weighted by molar-refractivity contribution is -0.119. The van der Waals surface area contributed by atoms with Crippen LogP contribution in [0.3, 0.4) is 0 Å². The van der Waals surface area contributed by atoms with Crippen LogP contribution in [0.15, 0.2) is 0 Å². The van der Waals surface area contributed by atoms with Crippen molar-refractivity contribution in [3.8, 4) is 0 Å². The number of hydrogen-bond acceptors (Lipinski definition) is 6. The van der Waals surface area contributed by atoms with Gasteiger partial charge in [0.1, 0.15) is 11.4 Å². The van der Waals surface area contributed by atoms with E-state index in [0.717, 1.165) is 79.0 Å². The standard InChI is InChI=1S/C32H45NO4S2/c1-31(2,3)37-30(36)33-14-13-32(4,19-33)18-23(38)15-21-8-12-27-24(16-21)29(25(34)11-7-20-5-6-20)28(39-27)17-26(35)22-9-10-22/h20-22H,5-19H2,1-4H3/t21-,32?/m1/s1. The number of rotatable bonds is 11. The van der Waals surface area contributed by atoms with Gasteiger partial charge in [-0.25, -0.2) is 4.79 Å². The lowest BCUT2D eigenvalue weighted by Crippen LogP contribution is -2.36. The number of thiocarbonyl (C=S) groups is 1. The van der Waals surface area contributed by atoms with Crippen LogP contribution in [0.4, 0.5) is 4.79 Å². The molecular weight excluding hydrogens is 526 g/mol. The van der Waals surface area contributed by atoms with Gasteiger partial charge in [0.25, 0.3) is 0 Å². The van der Waals surface area contributed by atoms with Crippen molar-refractivity contribution in [1.82, 2.24) is 4.90 Å². The van der Waals surface area contributed by atoms with Gasteiger partial charge in [-0.2, -0.15) is 0 Å². The number of nitrogens with zero attached hydrogens (tertiary/aromatic N) is 1. The van der Waals surface area contributed by atoms with Crippen molar-refractivity contribution < 1.29 is 19.1 Å². The van der Waals surface area contributed by atoms with Gasteiger partial charge >= 0.3 is 6.09 Å². The Morgan fingerprint density at radius 1 is 1.10 bits per heavy atom. The summed E-state index contributed by atoms with van der Waals surface area (Å²) in [6.45, 7) is 9.33. The molecule has 0 radical (unpaired) electrons. The number of ketones is 2. The Bertz CT molecular complexity index is 1140. The van der Waals surface area contributed by atoms with Gasteiger partial charge in [-0.1, -0.05) is 32.0 Å². The molecule has 2 atom stereocenters. The first-order valence-electron chi connectivity index (χ1n) is 15.1. The SMILES string of the molecule is CC1(CC(=S)C[C@H]2CCc3sc(CC(=O)C4CC4)c(C(=O)CCC4CC4)c3C2)CCN(C(=O)OC(C)(C)C)C1. The zero-order valence-electron chi connectivity index (χ0n) is 24.2. The number of thiophene rings is 1. The van der Waals surface area contributed by atoms with Crippen LogP contribution in [0.5, 0.6) is 0 Å². The third-order valence-electron chi connectivity index (χ3n) is 8.91. The summed E-state index contributed by atoms with van der Waals surface area (Å²) < 4.78 is 5.59. The second-order valence-corrected chi connectivity index (χ2v) is 15.9. The van der Waals surface area contributed by atoms with Gasteiger partial charge < -0.3 is 9.64 Å². The quantitative estimate of drug-likeness (QED) is 0.203. The summed E-state index contributed by atoms with van der Waals surface area (Å²) in [4.78, 5) is 44.1. The molecule has 3 aliphatic carbocycles. The molecule has 1 unspecified atom stereocenters. The number of ether oxygens (including phenoxy) is 1. The van der Waals surface area contributed by atoms with Crippen molar-refractivity contribution >= 4 is 46.1 Å². The van der Waals surface area contributed by atoms with E-state index in [0.29, 0.717) is 37.6 Å². The maximum atomic E-state index is 13.5. The van der Waals surface area contributed by atoms with E-state index in [1.807, 2.05) is 25.7 Å². The molecular formula is C32H45NO4S2. The Morgan fingerprint density at radius 3 is 2.51 bits per heavy atom. The van der Waals surface area contributed by atoms with Crippen LogP contribution in [0.1, 0.15) is 118 Å². The van der Waals surface area contributed by atoms with Gasteiger partial charge in [-0.05, 0) is 106 Å². The zero-order chi connectivity index (χ0) is 27.9. The molecule has 0 spiro atoms. The van der Waals surface area contributed by atoms with Gasteiger partial charge in [0.05, 0.1) is 0 Å². The smallest absolute Gasteiger partial charge is 0.410 e. The molecule has 3 fully saturated rings. The zero-order valence-corrected chi connectivity index (χ0v) is 25.9. The van der Waals surface area contributed by atoms with Gasteiger partial charge in [0.2, 0.25) is 0 Å². The molecule has 5 nitrogen and oxygen atoms in total. The van der Waals surface area contributed by atoms with Crippen LogP contribution in [0, 0.1) is 23.2 Å². The number of hydrogen-bond donors (Lipinski definition) is 0. The molecule has 2 saturated carbocycles. The van der Waals surface area contributed by atoms with Gasteiger partial charge in [0, 0.05) is 47.2 Å². The highest BCUT2D eigenvalue weighted by Crippen LogP contribution is 2.42. The summed E-state index contributed by atoms with van der Waals surface area (Å²) in [5, 5.41) is 0. The Morgan fingerprint density at radius 2 is 1.85 bits per heavy atom. The van der Waals surface area contributed by atoms with Crippen LogP contribution in [-0.2, 0) is 28.8 Å². The van der Waals surface area contributed by atoms with Crippen LogP contribution in [0.2, 0.25) is 0 Å². The molecule has 214 valence electrons. The van der Waals surface area contributed by atoms with Crippen LogP contribution in [-0.4, -0.2) is 46.1 Å². The lowest BCUT2D eigenvalue weighted by atomic mass is 9.79. The Kier molecular flexibility index (Phi) is 8.41. The first-order chi connectivity index (χ1) is 18.4. The van der Waals surface area contributed by atoms with Crippen molar-refractivity contribution in [3.63, 3.8) is 0 Å². The first-order valence-corrected chi connectivity index (χ1v) is 16.3. The summed E-state index contributed by atoms with van der Waals surface area (Å²) in [7, 11) is 0. The first kappa shape index (κ1) is 28.9. The molecule has 0 aromatic carbocycles. The van der Waals surface area contributed by atoms with Crippen molar-refractivity contribution in [2.75, 3.05) is 13.1 Å². The number of carbonyl (C=O) groups is 3. The van der Waals surface area contributed by atoms with E-state index in [1.54, 1.807) is 11.3 Å². The average molecular weight is 572 g/mol. The molecule has 1 aromatic rings. The fourth-order valence-corrected chi connectivity index (χ4v) is 8.39. The molecule has 1 saturated heterocycles. The normalized spacial score (nSPS) is 24.9. The Hall–Kier alpha value is -1.60. The minimum Gasteiger partial charge on any atom is -0.444 e. The monoisotopic (exact) mass is 571 g/mol. The topological polar surface area (TPSA) is 63.7 Å². The molecule has 1 aliphatic heterocycles. The second kappa shape index (κ2) is 11.3. The average Bonchev–Trinajstić information content (AvgIpc) is 3.76. The van der Waals surface area contributed by atoms with Gasteiger partial charge in [-0.3, -0.25) is 9.59 Å². The Labute approximate surface area is 243 Å². The van der Waals surface area contributed by atoms with Crippen molar-refractivity contribution in [3.05, 3.63) is 20.9 Å². The molecule has 0 N–H and O–H groups in total. The van der Waals surface area contributed by atoms with Crippen molar-refractivity contribution in [2.45, 2.75) is 117 Å². The molecule has 5 rings (SSSR count). The highest BCUT2D eigenvalue weighted by molar-refractivity contribution is 7.80. The summed E-state index contributed by atoms with van der Waals surface area (Å²) >= 11 is 7.69. The van der Waals surface area contributed by atoms with E-state index in [9.17, 15) is 14.4 Å². The molecule has 2 heterocycles. The fraction of sp³-hybridized carbons (Fsp3) is 0.750. The van der Waals surface area contributed by atoms with E-state index in [4.69, 9.17) is 17.0 Å². The summed E-state index contributed by atoms with van der Waals surface area (Å²) in [5.41, 5.74) is 1.64. The van der Waals surface area contributed by atoms with E-state index >= 15 is 0 Å². The highest BCUT2D eigenvalue weighted by atomic mass is 32.1. The summed E-state index contributed by atoms with van der Waals surface area (Å²) in [6.07, 6.45) is 12.0. The predicted molar refractivity (Wildman–Crippen MR) is 160 cm³/mol. The van der Waals surface area contributed by atoms with Gasteiger partial charge in [0.15, 0.2) is 5.78 Å².